The molecule has 1 N–H and O–H groups in total. The van der Waals surface area contributed by atoms with Crippen molar-refractivity contribution in [3.8, 4) is 5.75 Å². The maximum atomic E-state index is 12.6. The number of nitrogens with zero attached hydrogens (tertiary/aromatic N) is 4. The number of benzene rings is 1. The second-order valence-electron chi connectivity index (χ2n) is 5.40. The summed E-state index contributed by atoms with van der Waals surface area (Å²) in [6.07, 6.45) is 0.334. The van der Waals surface area contributed by atoms with Gasteiger partial charge in [-0.05, 0) is 24.3 Å². The lowest BCUT2D eigenvalue weighted by Crippen LogP contribution is -2.27. The SMILES string of the molecule is CCC(C(=O)Nc1ccc([N+](=O)[O-])cc1OC)n1nc([N+](=O)[O-])cc1C. The van der Waals surface area contributed by atoms with Crippen LogP contribution in [0.4, 0.5) is 17.2 Å². The van der Waals surface area contributed by atoms with Gasteiger partial charge in [0.05, 0.1) is 40.6 Å². The lowest BCUT2D eigenvalue weighted by atomic mass is 10.2. The fourth-order valence-corrected chi connectivity index (χ4v) is 2.46. The topological polar surface area (TPSA) is 142 Å². The Balaban J connectivity index is 2.30. The third kappa shape index (κ3) is 3.77. The number of carbonyl (C=O) groups is 1. The number of non-ortho nitro benzene ring substituents is 1. The Morgan fingerprint density at radius 1 is 1.31 bits per heavy atom. The normalized spacial score (nSPS) is 11.7. The second kappa shape index (κ2) is 7.59. The Bertz CT molecular complexity index is 862. The van der Waals surface area contributed by atoms with Gasteiger partial charge < -0.3 is 20.2 Å². The highest BCUT2D eigenvalue weighted by atomic mass is 16.6. The number of methoxy groups -OCH3 is 1. The molecule has 0 aliphatic rings. The Labute approximate surface area is 147 Å². The Kier molecular flexibility index (Phi) is 5.50. The molecule has 11 nitrogen and oxygen atoms in total. The molecular weight excluding hydrogens is 346 g/mol. The number of carbonyl (C=O) groups excluding carboxylic acids is 1. The lowest BCUT2D eigenvalue weighted by Gasteiger charge is -2.15. The minimum Gasteiger partial charge on any atom is -0.494 e. The standard InChI is InChI=1S/C15H17N5O6/c1-4-12(18-9(2)7-14(17-18)20(24)25)15(21)16-11-6-5-10(19(22)23)8-13(11)26-3/h5-8,12H,4H2,1-3H3,(H,16,21). The molecule has 0 aliphatic heterocycles. The summed E-state index contributed by atoms with van der Waals surface area (Å²) in [5.41, 5.74) is 0.542. The molecule has 1 aromatic carbocycles. The van der Waals surface area contributed by atoms with E-state index < -0.39 is 21.8 Å². The van der Waals surface area contributed by atoms with Gasteiger partial charge in [0, 0.05) is 6.07 Å². The van der Waals surface area contributed by atoms with E-state index in [-0.39, 0.29) is 22.9 Å². The zero-order valence-electron chi connectivity index (χ0n) is 14.3. The van der Waals surface area contributed by atoms with Gasteiger partial charge in [-0.25, -0.2) is 0 Å². The molecule has 1 heterocycles. The van der Waals surface area contributed by atoms with E-state index in [0.717, 1.165) is 0 Å². The predicted molar refractivity (Wildman–Crippen MR) is 91.2 cm³/mol. The summed E-state index contributed by atoms with van der Waals surface area (Å²) in [5, 5.41) is 28.2. The van der Waals surface area contributed by atoms with Crippen LogP contribution < -0.4 is 10.1 Å². The van der Waals surface area contributed by atoms with Crippen molar-refractivity contribution in [2.24, 2.45) is 0 Å². The van der Waals surface area contributed by atoms with Crippen molar-refractivity contribution in [2.75, 3.05) is 12.4 Å². The van der Waals surface area contributed by atoms with E-state index in [1.54, 1.807) is 13.8 Å². The van der Waals surface area contributed by atoms with Crippen LogP contribution in [0.1, 0.15) is 25.1 Å². The molecule has 0 saturated heterocycles. The van der Waals surface area contributed by atoms with Gasteiger partial charge in [-0.1, -0.05) is 6.92 Å². The Morgan fingerprint density at radius 2 is 2.00 bits per heavy atom. The van der Waals surface area contributed by atoms with Gasteiger partial charge in [0.25, 0.3) is 11.6 Å². The monoisotopic (exact) mass is 363 g/mol. The average molecular weight is 363 g/mol. The molecule has 0 aliphatic carbocycles. The third-order valence-electron chi connectivity index (χ3n) is 3.73. The zero-order valence-corrected chi connectivity index (χ0v) is 14.3. The predicted octanol–water partition coefficient (Wildman–Crippen LogP) is 2.61. The summed E-state index contributed by atoms with van der Waals surface area (Å²) in [6.45, 7) is 3.35. The summed E-state index contributed by atoms with van der Waals surface area (Å²) in [7, 11) is 1.33. The largest absolute Gasteiger partial charge is 0.494 e. The molecule has 2 rings (SSSR count). The number of hydrogen-bond acceptors (Lipinski definition) is 7. The molecule has 1 aromatic heterocycles. The van der Waals surface area contributed by atoms with E-state index in [9.17, 15) is 25.0 Å². The summed E-state index contributed by atoms with van der Waals surface area (Å²) in [5.74, 6) is -0.687. The second-order valence-corrected chi connectivity index (χ2v) is 5.40. The Hall–Kier alpha value is -3.50. The van der Waals surface area contributed by atoms with Crippen molar-refractivity contribution >= 4 is 23.1 Å². The maximum Gasteiger partial charge on any atom is 0.390 e. The zero-order chi connectivity index (χ0) is 19.4. The fraction of sp³-hybridized carbons (Fsp3) is 0.333. The fourth-order valence-electron chi connectivity index (χ4n) is 2.46. The molecule has 2 aromatic rings. The summed E-state index contributed by atoms with van der Waals surface area (Å²) < 4.78 is 6.37. The van der Waals surface area contributed by atoms with Crippen LogP contribution in [0.2, 0.25) is 0 Å². The third-order valence-corrected chi connectivity index (χ3v) is 3.73. The molecule has 0 fully saturated rings. The van der Waals surface area contributed by atoms with Gasteiger partial charge in [0.2, 0.25) is 0 Å². The average Bonchev–Trinajstić information content (AvgIpc) is 2.97. The van der Waals surface area contributed by atoms with Crippen LogP contribution in [0.25, 0.3) is 0 Å². The van der Waals surface area contributed by atoms with Crippen molar-refractivity contribution in [2.45, 2.75) is 26.3 Å². The van der Waals surface area contributed by atoms with Crippen molar-refractivity contribution < 1.29 is 19.4 Å². The molecular formula is C15H17N5O6. The first-order valence-corrected chi connectivity index (χ1v) is 7.62. The van der Waals surface area contributed by atoms with Crippen LogP contribution in [0.5, 0.6) is 5.75 Å². The lowest BCUT2D eigenvalue weighted by molar-refractivity contribution is -0.389. The first-order chi connectivity index (χ1) is 12.3. The molecule has 26 heavy (non-hydrogen) atoms. The Morgan fingerprint density at radius 3 is 2.50 bits per heavy atom. The highest BCUT2D eigenvalue weighted by Gasteiger charge is 2.27. The van der Waals surface area contributed by atoms with Crippen LogP contribution in [-0.4, -0.2) is 32.6 Å². The van der Waals surface area contributed by atoms with Gasteiger partial charge in [-0.2, -0.15) is 4.68 Å². The molecule has 1 unspecified atom stereocenters. The van der Waals surface area contributed by atoms with Crippen LogP contribution in [0.15, 0.2) is 24.3 Å². The van der Waals surface area contributed by atoms with Crippen LogP contribution in [-0.2, 0) is 4.79 Å². The van der Waals surface area contributed by atoms with E-state index in [4.69, 9.17) is 4.74 Å². The number of aromatic nitrogens is 2. The molecule has 138 valence electrons. The molecule has 11 heteroatoms. The number of anilines is 1. The summed E-state index contributed by atoms with van der Waals surface area (Å²) in [6, 6.07) is 4.29. The van der Waals surface area contributed by atoms with Crippen molar-refractivity contribution in [1.29, 1.82) is 0 Å². The number of aryl methyl sites for hydroxylation is 1. The maximum absolute atomic E-state index is 12.6. The van der Waals surface area contributed by atoms with Crippen molar-refractivity contribution in [3.05, 3.63) is 50.2 Å². The number of hydrogen-bond donors (Lipinski definition) is 1. The van der Waals surface area contributed by atoms with Gasteiger partial charge in [0.15, 0.2) is 6.04 Å². The van der Waals surface area contributed by atoms with Gasteiger partial charge in [-0.15, -0.1) is 0 Å². The van der Waals surface area contributed by atoms with Crippen LogP contribution >= 0.6 is 0 Å². The van der Waals surface area contributed by atoms with E-state index >= 15 is 0 Å². The number of amides is 1. The van der Waals surface area contributed by atoms with E-state index in [1.165, 1.54) is 36.1 Å². The summed E-state index contributed by atoms with van der Waals surface area (Å²) in [4.78, 5) is 33.1. The van der Waals surface area contributed by atoms with Crippen LogP contribution in [0.3, 0.4) is 0 Å². The number of nitro benzene ring substituents is 1. The van der Waals surface area contributed by atoms with E-state index in [0.29, 0.717) is 12.1 Å². The quantitative estimate of drug-likeness (QED) is 0.588. The van der Waals surface area contributed by atoms with Crippen molar-refractivity contribution in [1.82, 2.24) is 9.78 Å². The number of nitro groups is 2. The van der Waals surface area contributed by atoms with Crippen LogP contribution in [0, 0.1) is 27.2 Å². The molecule has 1 atom stereocenters. The summed E-state index contributed by atoms with van der Waals surface area (Å²) >= 11 is 0. The van der Waals surface area contributed by atoms with Gasteiger partial charge >= 0.3 is 5.82 Å². The number of nitrogens with one attached hydrogen (secondary N) is 1. The minimum absolute atomic E-state index is 0.130. The van der Waals surface area contributed by atoms with Gasteiger partial charge in [-0.3, -0.25) is 14.9 Å². The molecule has 1 amide bonds. The number of rotatable bonds is 7. The van der Waals surface area contributed by atoms with Crippen molar-refractivity contribution in [3.63, 3.8) is 0 Å². The van der Waals surface area contributed by atoms with Gasteiger partial charge in [0.1, 0.15) is 5.75 Å². The highest BCUT2D eigenvalue weighted by molar-refractivity contribution is 5.95. The molecule has 0 spiro atoms. The highest BCUT2D eigenvalue weighted by Crippen LogP contribution is 2.30. The first-order valence-electron chi connectivity index (χ1n) is 7.62. The molecule has 0 saturated carbocycles. The van der Waals surface area contributed by atoms with E-state index in [2.05, 4.69) is 10.4 Å². The minimum atomic E-state index is -0.788. The molecule has 0 radical (unpaired) electrons. The number of ether oxygens (including phenoxy) is 1. The molecule has 0 bridgehead atoms. The first kappa shape index (κ1) is 18.8. The smallest absolute Gasteiger partial charge is 0.390 e. The van der Waals surface area contributed by atoms with E-state index in [1.807, 2.05) is 0 Å².